The van der Waals surface area contributed by atoms with Gasteiger partial charge >= 0.3 is 0 Å². The van der Waals surface area contributed by atoms with Crippen LogP contribution in [0.15, 0.2) is 73.1 Å². The van der Waals surface area contributed by atoms with E-state index in [1.165, 1.54) is 0 Å². The molecular formula is C18H17N3O. The SMILES string of the molecule is Cc1ccccc1C(Oc1ccccc1)n1cccnc1=N. The summed E-state index contributed by atoms with van der Waals surface area (Å²) in [5, 5.41) is 8.06. The average Bonchev–Trinajstić information content (AvgIpc) is 2.55. The number of hydrogen-bond donors (Lipinski definition) is 1. The maximum atomic E-state index is 8.06. The molecule has 0 saturated heterocycles. The Hall–Kier alpha value is -2.88. The van der Waals surface area contributed by atoms with Crippen LogP contribution in [0.4, 0.5) is 0 Å². The molecule has 0 bridgehead atoms. The van der Waals surface area contributed by atoms with E-state index in [9.17, 15) is 0 Å². The van der Waals surface area contributed by atoms with E-state index >= 15 is 0 Å². The van der Waals surface area contributed by atoms with Gasteiger partial charge in [0.2, 0.25) is 11.8 Å². The van der Waals surface area contributed by atoms with E-state index in [1.807, 2.05) is 67.7 Å². The van der Waals surface area contributed by atoms with Gasteiger partial charge in [-0.1, -0.05) is 42.5 Å². The Morgan fingerprint density at radius 2 is 1.73 bits per heavy atom. The van der Waals surface area contributed by atoms with Crippen LogP contribution < -0.4 is 10.4 Å². The molecule has 0 aliphatic heterocycles. The first-order valence-corrected chi connectivity index (χ1v) is 7.11. The minimum Gasteiger partial charge on any atom is -0.466 e. The lowest BCUT2D eigenvalue weighted by molar-refractivity contribution is 0.165. The van der Waals surface area contributed by atoms with Crippen molar-refractivity contribution in [1.29, 1.82) is 5.41 Å². The highest BCUT2D eigenvalue weighted by Crippen LogP contribution is 2.24. The lowest BCUT2D eigenvalue weighted by Gasteiger charge is -2.23. The summed E-state index contributed by atoms with van der Waals surface area (Å²) in [6.07, 6.45) is 3.00. The first-order chi connectivity index (χ1) is 10.8. The van der Waals surface area contributed by atoms with Gasteiger partial charge in [0.1, 0.15) is 5.75 Å². The maximum Gasteiger partial charge on any atom is 0.225 e. The number of nitrogens with zero attached hydrogens (tertiary/aromatic N) is 2. The smallest absolute Gasteiger partial charge is 0.225 e. The van der Waals surface area contributed by atoms with Crippen LogP contribution in [0.5, 0.6) is 5.75 Å². The van der Waals surface area contributed by atoms with Gasteiger partial charge in [0.15, 0.2) is 0 Å². The third kappa shape index (κ3) is 2.91. The molecule has 3 rings (SSSR count). The summed E-state index contributed by atoms with van der Waals surface area (Å²) >= 11 is 0. The monoisotopic (exact) mass is 291 g/mol. The van der Waals surface area contributed by atoms with Crippen LogP contribution in [0, 0.1) is 12.3 Å². The molecule has 2 aromatic carbocycles. The summed E-state index contributed by atoms with van der Waals surface area (Å²) in [5.41, 5.74) is 2.28. The number of hydrogen-bond acceptors (Lipinski definition) is 3. The molecular weight excluding hydrogens is 274 g/mol. The quantitative estimate of drug-likeness (QED) is 0.802. The average molecular weight is 291 g/mol. The lowest BCUT2D eigenvalue weighted by atomic mass is 10.1. The van der Waals surface area contributed by atoms with Crippen molar-refractivity contribution in [3.63, 3.8) is 0 Å². The van der Waals surface area contributed by atoms with Gasteiger partial charge in [-0.3, -0.25) is 9.98 Å². The molecule has 4 heteroatoms. The highest BCUT2D eigenvalue weighted by molar-refractivity contribution is 5.30. The molecule has 0 fully saturated rings. The fraction of sp³-hybridized carbons (Fsp3) is 0.111. The fourth-order valence-corrected chi connectivity index (χ4v) is 2.33. The van der Waals surface area contributed by atoms with Gasteiger partial charge < -0.3 is 4.74 Å². The summed E-state index contributed by atoms with van der Waals surface area (Å²) in [6.45, 7) is 2.04. The van der Waals surface area contributed by atoms with E-state index in [4.69, 9.17) is 10.1 Å². The van der Waals surface area contributed by atoms with E-state index < -0.39 is 6.23 Å². The van der Waals surface area contributed by atoms with E-state index in [0.29, 0.717) is 0 Å². The van der Waals surface area contributed by atoms with Crippen LogP contribution in [0.3, 0.4) is 0 Å². The molecule has 0 aliphatic rings. The Morgan fingerprint density at radius 3 is 2.45 bits per heavy atom. The summed E-state index contributed by atoms with van der Waals surface area (Å²) in [4.78, 5) is 4.05. The van der Waals surface area contributed by atoms with Crippen LogP contribution in [0.25, 0.3) is 0 Å². The molecule has 1 heterocycles. The van der Waals surface area contributed by atoms with Crippen LogP contribution in [-0.4, -0.2) is 9.55 Å². The Kier molecular flexibility index (Phi) is 4.01. The van der Waals surface area contributed by atoms with Gasteiger partial charge in [-0.05, 0) is 30.7 Å². The summed E-state index contributed by atoms with van der Waals surface area (Å²) in [5.74, 6) is 0.756. The van der Waals surface area contributed by atoms with Crippen LogP contribution in [0.2, 0.25) is 0 Å². The minimum atomic E-state index is -0.426. The number of benzene rings is 2. The van der Waals surface area contributed by atoms with Crippen molar-refractivity contribution >= 4 is 0 Å². The van der Waals surface area contributed by atoms with Crippen molar-refractivity contribution in [2.24, 2.45) is 0 Å². The molecule has 0 aliphatic carbocycles. The Labute approximate surface area is 129 Å². The normalized spacial score (nSPS) is 11.9. The van der Waals surface area contributed by atoms with Gasteiger partial charge in [-0.2, -0.15) is 0 Å². The second-order valence-corrected chi connectivity index (χ2v) is 4.99. The number of aromatic nitrogens is 2. The first-order valence-electron chi connectivity index (χ1n) is 7.11. The molecule has 3 aromatic rings. The van der Waals surface area contributed by atoms with E-state index in [-0.39, 0.29) is 5.62 Å². The number of aryl methyl sites for hydroxylation is 1. The zero-order valence-corrected chi connectivity index (χ0v) is 12.3. The Balaban J connectivity index is 2.09. The standard InChI is InChI=1S/C18H17N3O/c1-14-8-5-6-11-16(14)17(21-13-7-12-20-18(21)19)22-15-9-3-2-4-10-15/h2-13,17,19H,1H3. The topological polar surface area (TPSA) is 50.9 Å². The summed E-state index contributed by atoms with van der Waals surface area (Å²) in [7, 11) is 0. The molecule has 1 atom stereocenters. The third-order valence-corrected chi connectivity index (χ3v) is 3.47. The van der Waals surface area contributed by atoms with E-state index in [0.717, 1.165) is 16.9 Å². The molecule has 22 heavy (non-hydrogen) atoms. The lowest BCUT2D eigenvalue weighted by Crippen LogP contribution is -2.30. The molecule has 0 spiro atoms. The van der Waals surface area contributed by atoms with Crippen molar-refractivity contribution < 1.29 is 4.74 Å². The molecule has 4 nitrogen and oxygen atoms in total. The highest BCUT2D eigenvalue weighted by Gasteiger charge is 2.17. The Morgan fingerprint density at radius 1 is 1.00 bits per heavy atom. The molecule has 110 valence electrons. The van der Waals surface area contributed by atoms with Crippen molar-refractivity contribution in [3.8, 4) is 5.75 Å². The van der Waals surface area contributed by atoms with Gasteiger partial charge in [-0.15, -0.1) is 0 Å². The predicted octanol–water partition coefficient (Wildman–Crippen LogP) is 3.30. The molecule has 1 unspecified atom stereocenters. The highest BCUT2D eigenvalue weighted by atomic mass is 16.5. The zero-order chi connectivity index (χ0) is 15.4. The van der Waals surface area contributed by atoms with Crippen LogP contribution >= 0.6 is 0 Å². The minimum absolute atomic E-state index is 0.159. The number of ether oxygens (including phenoxy) is 1. The molecule has 0 saturated carbocycles. The van der Waals surface area contributed by atoms with Crippen molar-refractivity contribution in [2.75, 3.05) is 0 Å². The van der Waals surface area contributed by atoms with Crippen LogP contribution in [0.1, 0.15) is 17.4 Å². The van der Waals surface area contributed by atoms with Gasteiger partial charge in [-0.25, -0.2) is 4.98 Å². The van der Waals surface area contributed by atoms with E-state index in [2.05, 4.69) is 4.98 Å². The summed E-state index contributed by atoms with van der Waals surface area (Å²) in [6, 6.07) is 19.5. The number of rotatable bonds is 4. The second-order valence-electron chi connectivity index (χ2n) is 4.99. The number of para-hydroxylation sites is 1. The molecule has 1 aromatic heterocycles. The molecule has 0 radical (unpaired) electrons. The second kappa shape index (κ2) is 6.26. The van der Waals surface area contributed by atoms with Gasteiger partial charge in [0.05, 0.1) is 0 Å². The third-order valence-electron chi connectivity index (χ3n) is 3.47. The number of nitrogens with one attached hydrogen (secondary N) is 1. The largest absolute Gasteiger partial charge is 0.466 e. The van der Waals surface area contributed by atoms with Gasteiger partial charge in [0, 0.05) is 18.0 Å². The Bertz CT molecular complexity index is 812. The maximum absolute atomic E-state index is 8.06. The first kappa shape index (κ1) is 14.1. The van der Waals surface area contributed by atoms with Crippen molar-refractivity contribution in [2.45, 2.75) is 13.2 Å². The molecule has 1 N–H and O–H groups in total. The van der Waals surface area contributed by atoms with E-state index in [1.54, 1.807) is 16.8 Å². The molecule has 0 amide bonds. The summed E-state index contributed by atoms with van der Waals surface area (Å²) < 4.78 is 7.87. The predicted molar refractivity (Wildman–Crippen MR) is 84.5 cm³/mol. The van der Waals surface area contributed by atoms with Gasteiger partial charge in [0.25, 0.3) is 0 Å². The van der Waals surface area contributed by atoms with Crippen LogP contribution in [-0.2, 0) is 0 Å². The van der Waals surface area contributed by atoms with Crippen molar-refractivity contribution in [3.05, 3.63) is 89.8 Å². The fourth-order valence-electron chi connectivity index (χ4n) is 2.33. The zero-order valence-electron chi connectivity index (χ0n) is 12.3. The van der Waals surface area contributed by atoms with Crippen molar-refractivity contribution in [1.82, 2.24) is 9.55 Å².